The Hall–Kier alpha value is -4.08. The zero-order valence-electron chi connectivity index (χ0n) is 33.7. The second-order valence-corrected chi connectivity index (χ2v) is 26.8. The van der Waals surface area contributed by atoms with Crippen molar-refractivity contribution < 1.29 is 23.4 Å². The van der Waals surface area contributed by atoms with Crippen molar-refractivity contribution in [2.24, 2.45) is 0 Å². The summed E-state index contributed by atoms with van der Waals surface area (Å²) in [6.07, 6.45) is 0.765. The van der Waals surface area contributed by atoms with Gasteiger partial charge >= 0.3 is 0 Å². The van der Waals surface area contributed by atoms with Crippen molar-refractivity contribution in [3.8, 4) is 22.9 Å². The number of benzene rings is 3. The van der Waals surface area contributed by atoms with E-state index in [1.165, 1.54) is 0 Å². The van der Waals surface area contributed by atoms with Crippen LogP contribution in [0.3, 0.4) is 0 Å². The molecule has 10 nitrogen and oxygen atoms in total. The number of ether oxygens (including phenoxy) is 2. The maximum absolute atomic E-state index is 10.3. The molecule has 1 saturated heterocycles. The van der Waals surface area contributed by atoms with Crippen molar-refractivity contribution in [3.63, 3.8) is 0 Å². The minimum atomic E-state index is -2.40. The maximum Gasteiger partial charge on any atom is 0.287 e. The first kappa shape index (κ1) is 39.6. The molecule has 3 aromatic carbocycles. The molecule has 0 unspecified atom stereocenters. The Morgan fingerprint density at radius 1 is 0.833 bits per heavy atom. The molecule has 1 aliphatic heterocycles. The second kappa shape index (κ2) is 15.2. The monoisotopic (exact) mass is 767 g/mol. The first-order valence-corrected chi connectivity index (χ1v) is 24.7. The molecule has 0 bridgehead atoms. The van der Waals surface area contributed by atoms with E-state index in [4.69, 9.17) is 33.3 Å². The number of aliphatic hydroxyl groups excluding tert-OH is 1. The Bertz CT molecular complexity index is 2020. The smallest absolute Gasteiger partial charge is 0.287 e. The topological polar surface area (TPSA) is 113 Å². The molecule has 0 amide bonds. The molecule has 0 radical (unpaired) electrons. The summed E-state index contributed by atoms with van der Waals surface area (Å²) >= 11 is 0. The Morgan fingerprint density at radius 2 is 1.43 bits per heavy atom. The van der Waals surface area contributed by atoms with Gasteiger partial charge in [-0.3, -0.25) is 0 Å². The van der Waals surface area contributed by atoms with Crippen LogP contribution in [0.25, 0.3) is 22.3 Å². The van der Waals surface area contributed by atoms with Crippen LogP contribution in [-0.4, -0.2) is 67.2 Å². The van der Waals surface area contributed by atoms with E-state index in [2.05, 4.69) is 122 Å². The van der Waals surface area contributed by atoms with Crippen LogP contribution in [0.1, 0.15) is 71.4 Å². The van der Waals surface area contributed by atoms with Gasteiger partial charge in [-0.15, -0.1) is 0 Å². The highest BCUT2D eigenvalue weighted by molar-refractivity contribution is 6.75. The highest BCUT2D eigenvalue weighted by Gasteiger charge is 2.48. The van der Waals surface area contributed by atoms with E-state index in [0.29, 0.717) is 29.4 Å². The van der Waals surface area contributed by atoms with Crippen LogP contribution in [0.15, 0.2) is 85.2 Å². The SMILES string of the molecule is COc1ccc(-c2ccc([C@H](Nc3ncnc4c3nc(O[Si](C)(C)C(C)(C)C)n4[C@@H]3O[C@@H](CO)C[C@H]3O[Si](C)(C)C(C)(C)C)c3ccccc3)cc2)cc1. The third-order valence-corrected chi connectivity index (χ3v) is 20.3. The van der Waals surface area contributed by atoms with Crippen LogP contribution in [0.2, 0.25) is 36.3 Å². The largest absolute Gasteiger partial charge is 0.518 e. The fraction of sp³-hybridized carbons (Fsp3) is 0.452. The normalized spacial score (nSPS) is 18.9. The van der Waals surface area contributed by atoms with Gasteiger partial charge in [0.15, 0.2) is 31.5 Å². The van der Waals surface area contributed by atoms with Crippen LogP contribution < -0.4 is 14.5 Å². The van der Waals surface area contributed by atoms with Crippen molar-refractivity contribution in [1.29, 1.82) is 0 Å². The van der Waals surface area contributed by atoms with Crippen LogP contribution in [0, 0.1) is 0 Å². The second-order valence-electron chi connectivity index (χ2n) is 17.3. The highest BCUT2D eigenvalue weighted by Crippen LogP contribution is 2.45. The van der Waals surface area contributed by atoms with E-state index >= 15 is 0 Å². The molecule has 1 fully saturated rings. The van der Waals surface area contributed by atoms with E-state index in [1.54, 1.807) is 13.4 Å². The Morgan fingerprint density at radius 3 is 2.00 bits per heavy atom. The standard InChI is InChI=1S/C42H57N5O5Si2/c1-41(2,3)53(8,9)51-34-25-33(26-48)50-39(34)47-38-36(46-40(47)52-54(10,11)42(4,5)6)37(43-27-44-38)45-35(30-15-13-12-14-16-30)31-19-17-28(18-20-31)29-21-23-32(49-7)24-22-29/h12-24,27,33-35,39,48H,25-26H2,1-11H3,(H,43,44,45)/t33-,34-,35-,39-/m1/s1. The number of hydrogen-bond acceptors (Lipinski definition) is 9. The third-order valence-electron chi connectivity index (χ3n) is 11.5. The van der Waals surface area contributed by atoms with Gasteiger partial charge in [-0.2, -0.15) is 4.98 Å². The zero-order chi connectivity index (χ0) is 39.1. The van der Waals surface area contributed by atoms with Gasteiger partial charge in [-0.05, 0) is 70.7 Å². The van der Waals surface area contributed by atoms with E-state index in [1.807, 2.05) is 34.9 Å². The summed E-state index contributed by atoms with van der Waals surface area (Å²) in [4.78, 5) is 14.8. The predicted molar refractivity (Wildman–Crippen MR) is 221 cm³/mol. The van der Waals surface area contributed by atoms with Gasteiger partial charge in [0.25, 0.3) is 14.3 Å². The molecule has 6 rings (SSSR count). The lowest BCUT2D eigenvalue weighted by Crippen LogP contribution is -2.46. The minimum absolute atomic E-state index is 0.0229. The summed E-state index contributed by atoms with van der Waals surface area (Å²) in [5.41, 5.74) is 5.51. The Labute approximate surface area is 322 Å². The average molecular weight is 768 g/mol. The number of rotatable bonds is 12. The lowest BCUT2D eigenvalue weighted by Gasteiger charge is -2.40. The summed E-state index contributed by atoms with van der Waals surface area (Å²) in [6, 6.07) is 27.2. The molecule has 0 spiro atoms. The Kier molecular flexibility index (Phi) is 11.2. The van der Waals surface area contributed by atoms with E-state index < -0.39 is 29.0 Å². The molecule has 0 saturated carbocycles. The number of aliphatic hydroxyl groups is 1. The summed E-state index contributed by atoms with van der Waals surface area (Å²) in [5, 5.41) is 14.0. The fourth-order valence-corrected chi connectivity index (χ4v) is 8.42. The molecule has 54 heavy (non-hydrogen) atoms. The first-order valence-electron chi connectivity index (χ1n) is 18.8. The third kappa shape index (κ3) is 8.13. The summed E-state index contributed by atoms with van der Waals surface area (Å²) in [7, 11) is -2.97. The van der Waals surface area contributed by atoms with Gasteiger partial charge in [0.1, 0.15) is 12.1 Å². The van der Waals surface area contributed by atoms with Crippen molar-refractivity contribution in [2.45, 2.75) is 109 Å². The molecule has 3 heterocycles. The number of nitrogens with zero attached hydrogens (tertiary/aromatic N) is 4. The Balaban J connectivity index is 1.45. The van der Waals surface area contributed by atoms with Gasteiger partial charge in [-0.1, -0.05) is 108 Å². The summed E-state index contributed by atoms with van der Waals surface area (Å²) in [6.45, 7) is 22.1. The summed E-state index contributed by atoms with van der Waals surface area (Å²) in [5.74, 6) is 1.40. The van der Waals surface area contributed by atoms with E-state index in [9.17, 15) is 5.11 Å². The fourth-order valence-electron chi connectivity index (χ4n) is 6.19. The molecule has 5 aromatic rings. The molecule has 4 atom stereocenters. The molecule has 0 aliphatic carbocycles. The molecule has 12 heteroatoms. The van der Waals surface area contributed by atoms with Crippen molar-refractivity contribution in [1.82, 2.24) is 19.5 Å². The zero-order valence-corrected chi connectivity index (χ0v) is 35.7. The predicted octanol–water partition coefficient (Wildman–Crippen LogP) is 9.76. The maximum atomic E-state index is 10.3. The lowest BCUT2D eigenvalue weighted by molar-refractivity contribution is -0.0481. The van der Waals surface area contributed by atoms with Crippen LogP contribution in [0.5, 0.6) is 11.8 Å². The lowest BCUT2D eigenvalue weighted by atomic mass is 9.96. The number of fused-ring (bicyclic) bond motifs is 1. The average Bonchev–Trinajstić information content (AvgIpc) is 3.69. The molecule has 1 aliphatic rings. The number of nitrogens with one attached hydrogen (secondary N) is 1. The minimum Gasteiger partial charge on any atom is -0.518 e. The molecule has 288 valence electrons. The van der Waals surface area contributed by atoms with Crippen molar-refractivity contribution >= 4 is 33.6 Å². The van der Waals surface area contributed by atoms with Gasteiger partial charge in [0.05, 0.1) is 32.0 Å². The molecule has 2 aromatic heterocycles. The highest BCUT2D eigenvalue weighted by atomic mass is 28.4. The molecule has 2 N–H and O–H groups in total. The molecular formula is C42H57N5O5Si2. The van der Waals surface area contributed by atoms with E-state index in [-0.39, 0.29) is 28.8 Å². The van der Waals surface area contributed by atoms with Gasteiger partial charge in [-0.25, -0.2) is 14.5 Å². The number of hydrogen-bond donors (Lipinski definition) is 2. The van der Waals surface area contributed by atoms with Crippen LogP contribution in [0.4, 0.5) is 5.82 Å². The number of imidazole rings is 1. The van der Waals surface area contributed by atoms with Crippen molar-refractivity contribution in [2.75, 3.05) is 19.0 Å². The number of anilines is 1. The quantitative estimate of drug-likeness (QED) is 0.120. The van der Waals surface area contributed by atoms with Gasteiger partial charge in [0.2, 0.25) is 0 Å². The van der Waals surface area contributed by atoms with Crippen molar-refractivity contribution in [3.05, 3.63) is 96.3 Å². The molecular weight excluding hydrogens is 711 g/mol. The summed E-state index contributed by atoms with van der Waals surface area (Å²) < 4.78 is 28.0. The number of aromatic nitrogens is 4. The first-order chi connectivity index (χ1) is 25.4. The van der Waals surface area contributed by atoms with E-state index in [0.717, 1.165) is 28.0 Å². The van der Waals surface area contributed by atoms with Gasteiger partial charge in [0, 0.05) is 6.42 Å². The number of methoxy groups -OCH3 is 1. The van der Waals surface area contributed by atoms with Gasteiger partial charge < -0.3 is 28.7 Å². The van der Waals surface area contributed by atoms with Crippen LogP contribution >= 0.6 is 0 Å². The van der Waals surface area contributed by atoms with Crippen LogP contribution in [-0.2, 0) is 9.16 Å².